The normalized spacial score (nSPS) is 11.1. The Balaban J connectivity index is 2.55. The summed E-state index contributed by atoms with van der Waals surface area (Å²) in [5.74, 6) is 1.53. The number of hydrogen-bond donors (Lipinski definition) is 2. The highest BCUT2D eigenvalue weighted by molar-refractivity contribution is 5.84. The van der Waals surface area contributed by atoms with Crippen molar-refractivity contribution >= 4 is 11.9 Å². The quantitative estimate of drug-likeness (QED) is 0.585. The molecular weight excluding hydrogens is 292 g/mol. The first-order chi connectivity index (χ1) is 11.0. The van der Waals surface area contributed by atoms with E-state index >= 15 is 0 Å². The first-order valence-electron chi connectivity index (χ1n) is 7.83. The molecule has 0 heterocycles. The summed E-state index contributed by atoms with van der Waals surface area (Å²) in [6.07, 6.45) is 0.850. The molecule has 0 aliphatic heterocycles. The van der Waals surface area contributed by atoms with Gasteiger partial charge in [0.25, 0.3) is 0 Å². The second kappa shape index (κ2) is 9.71. The van der Waals surface area contributed by atoms with Gasteiger partial charge in [-0.05, 0) is 37.5 Å². The fourth-order valence-electron chi connectivity index (χ4n) is 1.98. The maximum absolute atomic E-state index is 11.6. The minimum absolute atomic E-state index is 0.0227. The minimum Gasteiger partial charge on any atom is -0.496 e. The number of hydrogen-bond acceptors (Lipinski definition) is 3. The summed E-state index contributed by atoms with van der Waals surface area (Å²) in [4.78, 5) is 17.4. The summed E-state index contributed by atoms with van der Waals surface area (Å²) < 4.78 is 5.34. The smallest absolute Gasteiger partial charge is 0.243 e. The van der Waals surface area contributed by atoms with E-state index in [0.29, 0.717) is 5.96 Å². The summed E-state index contributed by atoms with van der Waals surface area (Å²) in [6.45, 7) is 5.64. The van der Waals surface area contributed by atoms with Crippen molar-refractivity contribution in [1.82, 2.24) is 15.5 Å². The molecule has 128 valence electrons. The largest absolute Gasteiger partial charge is 0.496 e. The number of methoxy groups -OCH3 is 1. The Morgan fingerprint density at radius 2 is 2.04 bits per heavy atom. The van der Waals surface area contributed by atoms with E-state index in [1.807, 2.05) is 13.8 Å². The summed E-state index contributed by atoms with van der Waals surface area (Å²) >= 11 is 0. The van der Waals surface area contributed by atoms with Gasteiger partial charge in [-0.15, -0.1) is 0 Å². The first-order valence-corrected chi connectivity index (χ1v) is 7.83. The predicted molar refractivity (Wildman–Crippen MR) is 94.1 cm³/mol. The van der Waals surface area contributed by atoms with E-state index in [9.17, 15) is 4.79 Å². The molecule has 6 heteroatoms. The molecule has 23 heavy (non-hydrogen) atoms. The van der Waals surface area contributed by atoms with Crippen molar-refractivity contribution in [2.24, 2.45) is 4.99 Å². The molecule has 0 saturated carbocycles. The van der Waals surface area contributed by atoms with E-state index in [1.165, 1.54) is 10.5 Å². The number of carbonyl (C=O) groups is 1. The zero-order valence-corrected chi connectivity index (χ0v) is 14.8. The van der Waals surface area contributed by atoms with Gasteiger partial charge in [0, 0.05) is 27.2 Å². The molecule has 1 aromatic rings. The first kappa shape index (κ1) is 18.8. The lowest BCUT2D eigenvalue weighted by Crippen LogP contribution is -2.39. The van der Waals surface area contributed by atoms with Crippen LogP contribution in [0, 0.1) is 6.92 Å². The van der Waals surface area contributed by atoms with Gasteiger partial charge in [0.15, 0.2) is 5.96 Å². The lowest BCUT2D eigenvalue weighted by molar-refractivity contribution is -0.127. The summed E-state index contributed by atoms with van der Waals surface area (Å²) in [6, 6.07) is 6.21. The average molecular weight is 320 g/mol. The van der Waals surface area contributed by atoms with E-state index in [1.54, 1.807) is 21.2 Å². The fraction of sp³-hybridized carbons (Fsp3) is 0.529. The standard InChI is InChI=1S/C17H28N4O2/c1-6-18-17(20-12-16(22)21(3)4)19-10-9-14-8-7-13(2)15(11-14)23-5/h7-8,11H,6,9-10,12H2,1-5H3,(H2,18,19,20). The number of nitrogens with one attached hydrogen (secondary N) is 2. The topological polar surface area (TPSA) is 66.0 Å². The zero-order valence-electron chi connectivity index (χ0n) is 14.8. The number of ether oxygens (including phenoxy) is 1. The highest BCUT2D eigenvalue weighted by atomic mass is 16.5. The van der Waals surface area contributed by atoms with Gasteiger partial charge in [0.2, 0.25) is 5.91 Å². The molecule has 1 amide bonds. The van der Waals surface area contributed by atoms with Crippen LogP contribution in [0.25, 0.3) is 0 Å². The monoisotopic (exact) mass is 320 g/mol. The van der Waals surface area contributed by atoms with Crippen LogP contribution in [-0.2, 0) is 11.2 Å². The van der Waals surface area contributed by atoms with Crippen molar-refractivity contribution in [2.75, 3.05) is 40.8 Å². The number of aliphatic imine (C=N–C) groups is 1. The van der Waals surface area contributed by atoms with Gasteiger partial charge < -0.3 is 20.3 Å². The van der Waals surface area contributed by atoms with Gasteiger partial charge in [-0.25, -0.2) is 4.99 Å². The van der Waals surface area contributed by atoms with E-state index < -0.39 is 0 Å². The van der Waals surface area contributed by atoms with Gasteiger partial charge in [-0.3, -0.25) is 4.79 Å². The number of aryl methyl sites for hydroxylation is 1. The van der Waals surface area contributed by atoms with Crippen LogP contribution in [0.3, 0.4) is 0 Å². The molecule has 1 aromatic carbocycles. The number of carbonyl (C=O) groups excluding carboxylic acids is 1. The molecule has 0 fully saturated rings. The number of amides is 1. The highest BCUT2D eigenvalue weighted by Crippen LogP contribution is 2.18. The number of rotatable bonds is 7. The molecule has 0 aliphatic rings. The van der Waals surface area contributed by atoms with Gasteiger partial charge >= 0.3 is 0 Å². The molecule has 0 radical (unpaired) electrons. The van der Waals surface area contributed by atoms with Crippen LogP contribution in [0.5, 0.6) is 5.75 Å². The van der Waals surface area contributed by atoms with E-state index in [4.69, 9.17) is 4.74 Å². The molecule has 0 unspecified atom stereocenters. The molecule has 1 rings (SSSR count). The Bertz CT molecular complexity index is 541. The lowest BCUT2D eigenvalue weighted by Gasteiger charge is -2.13. The zero-order chi connectivity index (χ0) is 17.2. The molecular formula is C17H28N4O2. The van der Waals surface area contributed by atoms with Crippen LogP contribution in [0.4, 0.5) is 0 Å². The Hall–Kier alpha value is -2.24. The second-order valence-electron chi connectivity index (χ2n) is 5.46. The second-order valence-corrected chi connectivity index (χ2v) is 5.46. The molecule has 0 atom stereocenters. The van der Waals surface area contributed by atoms with E-state index in [0.717, 1.165) is 30.8 Å². The average Bonchev–Trinajstić information content (AvgIpc) is 2.53. The number of likely N-dealkylation sites (N-methyl/N-ethyl adjacent to an activating group) is 1. The van der Waals surface area contributed by atoms with E-state index in [-0.39, 0.29) is 12.5 Å². The molecule has 0 bridgehead atoms. The maximum Gasteiger partial charge on any atom is 0.243 e. The van der Waals surface area contributed by atoms with Crippen LogP contribution in [0.15, 0.2) is 23.2 Å². The Labute approximate surface area is 138 Å². The van der Waals surface area contributed by atoms with Gasteiger partial charge in [0.1, 0.15) is 12.3 Å². The van der Waals surface area contributed by atoms with E-state index in [2.05, 4.69) is 33.8 Å². The number of benzene rings is 1. The van der Waals surface area contributed by atoms with Crippen molar-refractivity contribution in [2.45, 2.75) is 20.3 Å². The molecule has 6 nitrogen and oxygen atoms in total. The number of guanidine groups is 1. The van der Waals surface area contributed by atoms with Crippen molar-refractivity contribution in [3.63, 3.8) is 0 Å². The Morgan fingerprint density at radius 1 is 1.30 bits per heavy atom. The van der Waals surface area contributed by atoms with Crippen LogP contribution < -0.4 is 15.4 Å². The summed E-state index contributed by atoms with van der Waals surface area (Å²) in [5.41, 5.74) is 2.32. The van der Waals surface area contributed by atoms with Crippen LogP contribution in [0.2, 0.25) is 0 Å². The third-order valence-corrected chi connectivity index (χ3v) is 3.39. The van der Waals surface area contributed by atoms with Crippen molar-refractivity contribution in [3.8, 4) is 5.75 Å². The minimum atomic E-state index is -0.0227. The van der Waals surface area contributed by atoms with Crippen molar-refractivity contribution in [1.29, 1.82) is 0 Å². The Morgan fingerprint density at radius 3 is 2.65 bits per heavy atom. The summed E-state index contributed by atoms with van der Waals surface area (Å²) in [5, 5.41) is 6.38. The predicted octanol–water partition coefficient (Wildman–Crippen LogP) is 1.19. The third kappa shape index (κ3) is 6.59. The fourth-order valence-corrected chi connectivity index (χ4v) is 1.98. The van der Waals surface area contributed by atoms with Gasteiger partial charge in [-0.2, -0.15) is 0 Å². The van der Waals surface area contributed by atoms with Crippen LogP contribution >= 0.6 is 0 Å². The van der Waals surface area contributed by atoms with Gasteiger partial charge in [0.05, 0.1) is 7.11 Å². The third-order valence-electron chi connectivity index (χ3n) is 3.39. The molecule has 2 N–H and O–H groups in total. The summed E-state index contributed by atoms with van der Waals surface area (Å²) in [7, 11) is 5.13. The van der Waals surface area contributed by atoms with Gasteiger partial charge in [-0.1, -0.05) is 12.1 Å². The molecule has 0 aliphatic carbocycles. The van der Waals surface area contributed by atoms with Crippen LogP contribution in [-0.4, -0.2) is 57.6 Å². The lowest BCUT2D eigenvalue weighted by atomic mass is 10.1. The molecule has 0 aromatic heterocycles. The molecule has 0 spiro atoms. The maximum atomic E-state index is 11.6. The number of nitrogens with zero attached hydrogens (tertiary/aromatic N) is 2. The van der Waals surface area contributed by atoms with Crippen LogP contribution in [0.1, 0.15) is 18.1 Å². The highest BCUT2D eigenvalue weighted by Gasteiger charge is 2.04. The Kier molecular flexibility index (Phi) is 7.94. The SMILES string of the molecule is CCNC(=NCC(=O)N(C)C)NCCc1ccc(C)c(OC)c1. The van der Waals surface area contributed by atoms with Crippen molar-refractivity contribution < 1.29 is 9.53 Å². The van der Waals surface area contributed by atoms with Crippen molar-refractivity contribution in [3.05, 3.63) is 29.3 Å². The molecule has 0 saturated heterocycles.